The number of fused-ring (bicyclic) bond motifs is 5. The van der Waals surface area contributed by atoms with Crippen LogP contribution in [-0.4, -0.2) is 143 Å². The van der Waals surface area contributed by atoms with Crippen LogP contribution in [0.25, 0.3) is 0 Å². The quantitative estimate of drug-likeness (QED) is 0.0196. The molecule has 5 aliphatic rings. The van der Waals surface area contributed by atoms with Gasteiger partial charge in [0.2, 0.25) is 47.3 Å². The van der Waals surface area contributed by atoms with Gasteiger partial charge in [-0.2, -0.15) is 0 Å². The van der Waals surface area contributed by atoms with Gasteiger partial charge >= 0.3 is 6.09 Å². The lowest BCUT2D eigenvalue weighted by Gasteiger charge is -2.58. The first-order valence-electron chi connectivity index (χ1n) is 35.1. The van der Waals surface area contributed by atoms with E-state index in [1.807, 2.05) is 13.8 Å². The highest BCUT2D eigenvalue weighted by atomic mass is 16.6. The zero-order valence-electron chi connectivity index (χ0n) is 58.5. The summed E-state index contributed by atoms with van der Waals surface area (Å²) in [6, 6.07) is -2.57. The summed E-state index contributed by atoms with van der Waals surface area (Å²) in [5.41, 5.74) is 30.3. The van der Waals surface area contributed by atoms with Crippen LogP contribution in [0.2, 0.25) is 0 Å². The number of benzene rings is 1. The number of ether oxygens (including phenoxy) is 1. The Hall–Kier alpha value is -7.67. The monoisotopic (exact) mass is 1340 g/mol. The summed E-state index contributed by atoms with van der Waals surface area (Å²) in [6.07, 6.45) is 14.0. The van der Waals surface area contributed by atoms with Crippen molar-refractivity contribution in [2.45, 2.75) is 240 Å². The lowest BCUT2D eigenvalue weighted by molar-refractivity contribution is -0.142. The normalized spacial score (nSPS) is 24.9. The molecule has 96 heavy (non-hydrogen) atoms. The van der Waals surface area contributed by atoms with Gasteiger partial charge in [-0.05, 0) is 179 Å². The van der Waals surface area contributed by atoms with E-state index in [1.165, 1.54) is 68.1 Å². The van der Waals surface area contributed by atoms with E-state index in [0.29, 0.717) is 48.5 Å². The molecule has 18 N–H and O–H groups in total. The van der Waals surface area contributed by atoms with Crippen molar-refractivity contribution in [2.75, 3.05) is 19.6 Å². The van der Waals surface area contributed by atoms with Gasteiger partial charge in [-0.25, -0.2) is 4.79 Å². The molecule has 1 heterocycles. The number of carbonyl (C=O) groups excluding carboxylic acids is 9. The van der Waals surface area contributed by atoms with Crippen LogP contribution in [0.5, 0.6) is 5.75 Å². The van der Waals surface area contributed by atoms with Gasteiger partial charge in [0.05, 0.1) is 0 Å². The van der Waals surface area contributed by atoms with Crippen molar-refractivity contribution >= 4 is 65.3 Å². The molecule has 0 aromatic heterocycles. The number of phenolic OH excluding ortho intramolecular Hbond substituents is 1. The minimum absolute atomic E-state index is 0.0340. The fourth-order valence-corrected chi connectivity index (χ4v) is 15.9. The first-order chi connectivity index (χ1) is 45.3. The summed E-state index contributed by atoms with van der Waals surface area (Å²) in [5, 5.41) is 28.7. The molecule has 4 aliphatic carbocycles. The molecule has 6 rings (SSSR count). The van der Waals surface area contributed by atoms with Gasteiger partial charge in [0.15, 0.2) is 11.9 Å². The topological polar surface area (TPSA) is 425 Å². The number of hydrogen-bond acceptors (Lipinski definition) is 13. The average molecular weight is 1340 g/mol. The molecule has 3 saturated carbocycles. The predicted octanol–water partition coefficient (Wildman–Crippen LogP) is 4.45. The Kier molecular flexibility index (Phi) is 28.6. The Bertz CT molecular complexity index is 2950. The van der Waals surface area contributed by atoms with Crippen molar-refractivity contribution in [3.63, 3.8) is 0 Å². The second-order valence-electron chi connectivity index (χ2n) is 29.5. The number of primary amides is 1. The van der Waals surface area contributed by atoms with Crippen LogP contribution in [0, 0.1) is 64.7 Å². The zero-order valence-corrected chi connectivity index (χ0v) is 58.5. The van der Waals surface area contributed by atoms with Crippen molar-refractivity contribution in [1.82, 2.24) is 42.1 Å². The minimum atomic E-state index is -1.34. The van der Waals surface area contributed by atoms with Gasteiger partial charge in [0.25, 0.3) is 0 Å². The highest BCUT2D eigenvalue weighted by molar-refractivity contribution is 5.98. The molecule has 26 nitrogen and oxygen atoms in total. The van der Waals surface area contributed by atoms with E-state index in [4.69, 9.17) is 33.4 Å². The molecule has 9 amide bonds. The number of amides is 9. The van der Waals surface area contributed by atoms with Gasteiger partial charge in [0, 0.05) is 32.5 Å². The van der Waals surface area contributed by atoms with E-state index in [9.17, 15) is 48.3 Å². The van der Waals surface area contributed by atoms with Gasteiger partial charge in [-0.3, -0.25) is 48.3 Å². The molecule has 26 heteroatoms. The molecule has 15 atom stereocenters. The fraction of sp³-hybridized carbons (Fsp3) is 0.714. The molecule has 1 saturated heterocycles. The molecular formula is C70H114N15O11. The van der Waals surface area contributed by atoms with Crippen LogP contribution in [-0.2, 0) is 49.5 Å². The van der Waals surface area contributed by atoms with E-state index in [2.05, 4.69) is 87.9 Å². The molecule has 535 valence electrons. The van der Waals surface area contributed by atoms with Crippen LogP contribution in [0.15, 0.2) is 45.9 Å². The smallest absolute Gasteiger partial charge is 0.408 e. The molecule has 1 radical (unpaired) electrons. The first kappa shape index (κ1) is 77.3. The largest absolute Gasteiger partial charge is 0.508 e. The number of aromatic hydroxyl groups is 1. The highest BCUT2D eigenvalue weighted by Crippen LogP contribution is 2.67. The van der Waals surface area contributed by atoms with Gasteiger partial charge in [0.1, 0.15) is 60.7 Å². The Labute approximate surface area is 568 Å². The summed E-state index contributed by atoms with van der Waals surface area (Å²) in [5.74, 6) is -2.48. The molecule has 7 unspecified atom stereocenters. The summed E-state index contributed by atoms with van der Waals surface area (Å²) in [7, 11) is 0. The summed E-state index contributed by atoms with van der Waals surface area (Å²) in [6.45, 7) is 22.0. The number of nitrogens with two attached hydrogens (primary N) is 5. The maximum absolute atomic E-state index is 14.6. The molecular weight excluding hydrogens is 1230 g/mol. The van der Waals surface area contributed by atoms with Crippen LogP contribution in [0.3, 0.4) is 0 Å². The number of alkyl carbamates (subject to hydrolysis) is 1. The van der Waals surface area contributed by atoms with E-state index >= 15 is 0 Å². The van der Waals surface area contributed by atoms with Gasteiger partial charge in [-0.1, -0.05) is 98.9 Å². The number of nitrogens with one attached hydrogen (secondary N) is 7. The standard InChI is InChI=1S/C70H114N15O11/c1-39(2)17-19-42(7)49-26-27-50-48-25-22-45-37-47(29-31-69(45,9)51(48)30-32-70(49,50)10)96-68(95)78-38-57(87)80-54(15-12-34-77-67(74)75)65(94)85-35-13-16-56(85)63(92)82-53(14-11-33-76-66(72)73)61(90)84-58(41(5)6)64(93)83-55(36-44-20-23-46(86)24-21-44)62(91)79-43(8)60(89)81-52(59(71)88)28-18-40(3)4/h20-24,38-43,47-56,58,86H,11-19,25-37H2,1-10H3,(H2,71,88)(H,78,95)(H,79,91)(H,80,87)(H,81,89)(H,82,92)(H,83,93)(H,84,90)(H4,72,73,76)(H4,74,75,77)/t42-,43?,47+,48+,49-,50+,51+,52?,53?,54?,55?,56?,58?,69+,70-/m0/s1. The van der Waals surface area contributed by atoms with Crippen molar-refractivity contribution in [3.8, 4) is 5.75 Å². The van der Waals surface area contributed by atoms with E-state index in [1.54, 1.807) is 26.0 Å². The first-order valence-corrected chi connectivity index (χ1v) is 35.1. The van der Waals surface area contributed by atoms with Crippen molar-refractivity contribution < 1.29 is 53.0 Å². The Morgan fingerprint density at radius 3 is 1.91 bits per heavy atom. The number of aliphatic imine (C=N–C) groups is 2. The number of hydrogen-bond donors (Lipinski definition) is 13. The molecule has 0 bridgehead atoms. The number of nitrogens with zero attached hydrogens (tertiary/aromatic N) is 3. The average Bonchev–Trinajstić information content (AvgIpc) is 1.44. The fourth-order valence-electron chi connectivity index (χ4n) is 15.9. The molecule has 4 fully saturated rings. The highest BCUT2D eigenvalue weighted by Gasteiger charge is 2.59. The molecule has 1 aromatic carbocycles. The second kappa shape index (κ2) is 35.5. The van der Waals surface area contributed by atoms with Crippen molar-refractivity contribution in [2.24, 2.45) is 96.8 Å². The number of allylic oxidation sites excluding steroid dienone is 1. The lowest BCUT2D eigenvalue weighted by Crippen LogP contribution is -2.60. The predicted molar refractivity (Wildman–Crippen MR) is 368 cm³/mol. The maximum atomic E-state index is 14.6. The Morgan fingerprint density at radius 1 is 0.656 bits per heavy atom. The number of rotatable bonds is 34. The number of likely N-dealkylation sites (tertiary alicyclic amines) is 1. The van der Waals surface area contributed by atoms with Gasteiger partial charge in [-0.15, -0.1) is 0 Å². The molecule has 1 aromatic rings. The van der Waals surface area contributed by atoms with Crippen LogP contribution < -0.4 is 65.9 Å². The second-order valence-corrected chi connectivity index (χ2v) is 29.5. The van der Waals surface area contributed by atoms with E-state index in [-0.39, 0.29) is 99.7 Å². The summed E-state index contributed by atoms with van der Waals surface area (Å²) >= 11 is 0. The maximum Gasteiger partial charge on any atom is 0.408 e. The third-order valence-electron chi connectivity index (χ3n) is 21.3. The summed E-state index contributed by atoms with van der Waals surface area (Å²) in [4.78, 5) is 134. The van der Waals surface area contributed by atoms with Crippen LogP contribution in [0.4, 0.5) is 4.79 Å². The van der Waals surface area contributed by atoms with Gasteiger partial charge < -0.3 is 80.6 Å². The number of guanidine groups is 2. The molecule has 1 aliphatic heterocycles. The van der Waals surface area contributed by atoms with E-state index < -0.39 is 102 Å². The molecule has 0 spiro atoms. The SMILES string of the molecule is CC(C)CCC(NC(=O)C(C)NC(=O)C(Cc1ccc(O)cc1)NC(=O)C(NC(=O)C(CCCN=C(N)N)NC(=O)C1CCCN1C(=O)C(CCCN=C(N)N)NC(=O)[CH]NC(=O)O[C@@H]1CC[C@]2(C)C(=CC[C@@H]3[C@H]4CC[C@@H]([C@@H](C)CCC(C)C)[C@]4(C)CC[C@H]32)C1)C(C)C)C(N)=O. The summed E-state index contributed by atoms with van der Waals surface area (Å²) < 4.78 is 5.97. The number of carbonyl (C=O) groups is 9. The van der Waals surface area contributed by atoms with Crippen LogP contribution >= 0.6 is 0 Å². The Balaban J connectivity index is 1.09. The minimum Gasteiger partial charge on any atom is -0.508 e. The van der Waals surface area contributed by atoms with Crippen LogP contribution in [0.1, 0.15) is 190 Å². The number of phenols is 1. The van der Waals surface area contributed by atoms with Crippen molar-refractivity contribution in [1.29, 1.82) is 0 Å². The Morgan fingerprint density at radius 2 is 1.28 bits per heavy atom. The zero-order chi connectivity index (χ0) is 70.8. The third kappa shape index (κ3) is 21.4. The lowest BCUT2D eigenvalue weighted by atomic mass is 9.47. The van der Waals surface area contributed by atoms with Crippen molar-refractivity contribution in [3.05, 3.63) is 48.0 Å². The third-order valence-corrected chi connectivity index (χ3v) is 21.3. The van der Waals surface area contributed by atoms with E-state index in [0.717, 1.165) is 43.1 Å².